The number of hydrogen-bond acceptors (Lipinski definition) is 2. The van der Waals surface area contributed by atoms with E-state index in [1.165, 1.54) is 0 Å². The molecule has 3 heteroatoms. The van der Waals surface area contributed by atoms with Crippen LogP contribution in [0.15, 0.2) is 16.9 Å². The third-order valence-corrected chi connectivity index (χ3v) is 2.97. The Hall–Kier alpha value is -1.09. The molecule has 0 atom stereocenters. The second-order valence-electron chi connectivity index (χ2n) is 4.92. The summed E-state index contributed by atoms with van der Waals surface area (Å²) in [6.07, 6.45) is 1.05. The Kier molecular flexibility index (Phi) is 5.42. The van der Waals surface area contributed by atoms with Gasteiger partial charge >= 0.3 is 0 Å². The number of nitrogens with zero attached hydrogens (tertiary/aromatic N) is 1. The van der Waals surface area contributed by atoms with E-state index in [1.807, 2.05) is 30.5 Å². The second kappa shape index (κ2) is 6.60. The summed E-state index contributed by atoms with van der Waals surface area (Å²) in [7, 11) is 0. The normalized spacial score (nSPS) is 11.1. The molecule has 0 aromatic carbocycles. The minimum absolute atomic E-state index is 0.159. The van der Waals surface area contributed by atoms with Crippen LogP contribution >= 0.6 is 0 Å². The topological polar surface area (TPSA) is 34.0 Å². The van der Waals surface area contributed by atoms with Crippen molar-refractivity contribution >= 4 is 0 Å². The van der Waals surface area contributed by atoms with Gasteiger partial charge in [0.2, 0.25) is 0 Å². The number of aryl methyl sites for hydroxylation is 1. The molecule has 1 aromatic heterocycles. The predicted molar refractivity (Wildman–Crippen MR) is 72.3 cm³/mol. The molecule has 0 saturated heterocycles. The number of pyridine rings is 1. The molecule has 0 amide bonds. The molecule has 0 aliphatic carbocycles. The molecule has 0 saturated carbocycles. The Labute approximate surface area is 104 Å². The van der Waals surface area contributed by atoms with Gasteiger partial charge in [0.1, 0.15) is 0 Å². The van der Waals surface area contributed by atoms with Gasteiger partial charge in [-0.2, -0.15) is 0 Å². The lowest BCUT2D eigenvalue weighted by atomic mass is 10.1. The summed E-state index contributed by atoms with van der Waals surface area (Å²) in [6.45, 7) is 10.8. The lowest BCUT2D eigenvalue weighted by molar-refractivity contribution is 0.498. The van der Waals surface area contributed by atoms with E-state index in [-0.39, 0.29) is 5.56 Å². The summed E-state index contributed by atoms with van der Waals surface area (Å²) in [5.41, 5.74) is 2.07. The molecule has 0 fully saturated rings. The highest BCUT2D eigenvalue weighted by Crippen LogP contribution is 2.04. The van der Waals surface area contributed by atoms with E-state index in [4.69, 9.17) is 0 Å². The first-order chi connectivity index (χ1) is 8.06. The lowest BCUT2D eigenvalue weighted by Gasteiger charge is -2.13. The zero-order chi connectivity index (χ0) is 12.8. The van der Waals surface area contributed by atoms with Crippen molar-refractivity contribution < 1.29 is 0 Å². The first-order valence-corrected chi connectivity index (χ1v) is 6.46. The van der Waals surface area contributed by atoms with Crippen LogP contribution in [0.25, 0.3) is 0 Å². The average Bonchev–Trinajstić information content (AvgIpc) is 2.27. The quantitative estimate of drug-likeness (QED) is 0.822. The van der Waals surface area contributed by atoms with Gasteiger partial charge in [0, 0.05) is 24.3 Å². The highest BCUT2D eigenvalue weighted by molar-refractivity contribution is 5.15. The Bertz CT molecular complexity index is 407. The summed E-state index contributed by atoms with van der Waals surface area (Å²) in [5.74, 6) is 0.624. The predicted octanol–water partition coefficient (Wildman–Crippen LogP) is 2.31. The van der Waals surface area contributed by atoms with Crippen LogP contribution in [0.1, 0.15) is 38.4 Å². The number of aromatic nitrogens is 1. The highest BCUT2D eigenvalue weighted by Gasteiger charge is 2.06. The molecule has 1 heterocycles. The molecule has 96 valence electrons. The summed E-state index contributed by atoms with van der Waals surface area (Å²) in [6, 6.07) is 3.97. The Morgan fingerprint density at radius 1 is 1.35 bits per heavy atom. The van der Waals surface area contributed by atoms with Crippen molar-refractivity contribution in [2.45, 2.75) is 47.2 Å². The lowest BCUT2D eigenvalue weighted by Crippen LogP contribution is -2.28. The van der Waals surface area contributed by atoms with Crippen molar-refractivity contribution in [3.05, 3.63) is 33.7 Å². The van der Waals surface area contributed by atoms with E-state index < -0.39 is 0 Å². The molecule has 0 radical (unpaired) electrons. The van der Waals surface area contributed by atoms with Crippen molar-refractivity contribution in [1.29, 1.82) is 0 Å². The zero-order valence-electron chi connectivity index (χ0n) is 11.4. The second-order valence-corrected chi connectivity index (χ2v) is 4.92. The maximum Gasteiger partial charge on any atom is 0.255 e. The van der Waals surface area contributed by atoms with Gasteiger partial charge in [-0.1, -0.05) is 26.8 Å². The molecule has 0 aliphatic rings. The molecule has 3 nitrogen and oxygen atoms in total. The molecule has 1 aromatic rings. The van der Waals surface area contributed by atoms with Crippen LogP contribution in [-0.4, -0.2) is 11.1 Å². The van der Waals surface area contributed by atoms with Gasteiger partial charge in [-0.25, -0.2) is 0 Å². The molecule has 0 unspecified atom stereocenters. The number of rotatable bonds is 6. The van der Waals surface area contributed by atoms with Crippen LogP contribution in [0.4, 0.5) is 0 Å². The molecule has 1 N–H and O–H groups in total. The molecule has 0 spiro atoms. The van der Waals surface area contributed by atoms with E-state index in [2.05, 4.69) is 19.2 Å². The van der Waals surface area contributed by atoms with Crippen LogP contribution in [0.5, 0.6) is 0 Å². The SMILES string of the molecule is CCNCc1ccc(C)n(CCC(C)C)c1=O. The molecular weight excluding hydrogens is 212 g/mol. The largest absolute Gasteiger partial charge is 0.313 e. The van der Waals surface area contributed by atoms with Gasteiger partial charge in [-0.15, -0.1) is 0 Å². The van der Waals surface area contributed by atoms with E-state index in [1.54, 1.807) is 0 Å². The van der Waals surface area contributed by atoms with E-state index >= 15 is 0 Å². The smallest absolute Gasteiger partial charge is 0.255 e. The Morgan fingerprint density at radius 3 is 2.65 bits per heavy atom. The Morgan fingerprint density at radius 2 is 2.06 bits per heavy atom. The maximum atomic E-state index is 12.2. The van der Waals surface area contributed by atoms with Crippen LogP contribution in [0.2, 0.25) is 0 Å². The summed E-state index contributed by atoms with van der Waals surface area (Å²) in [4.78, 5) is 12.2. The standard InChI is InChI=1S/C14H24N2O/c1-5-15-10-13-7-6-12(4)16(14(13)17)9-8-11(2)3/h6-7,11,15H,5,8-10H2,1-4H3. The zero-order valence-corrected chi connectivity index (χ0v) is 11.4. The van der Waals surface area contributed by atoms with Gasteiger partial charge in [0.05, 0.1) is 0 Å². The van der Waals surface area contributed by atoms with Crippen LogP contribution < -0.4 is 10.9 Å². The van der Waals surface area contributed by atoms with Crippen LogP contribution in [-0.2, 0) is 13.1 Å². The highest BCUT2D eigenvalue weighted by atomic mass is 16.1. The molecular formula is C14H24N2O. The fraction of sp³-hybridized carbons (Fsp3) is 0.643. The fourth-order valence-corrected chi connectivity index (χ4v) is 1.78. The first-order valence-electron chi connectivity index (χ1n) is 6.46. The molecule has 17 heavy (non-hydrogen) atoms. The fourth-order valence-electron chi connectivity index (χ4n) is 1.78. The van der Waals surface area contributed by atoms with E-state index in [9.17, 15) is 4.79 Å². The maximum absolute atomic E-state index is 12.2. The van der Waals surface area contributed by atoms with Crippen molar-refractivity contribution in [3.63, 3.8) is 0 Å². The third-order valence-electron chi connectivity index (χ3n) is 2.97. The van der Waals surface area contributed by atoms with Crippen molar-refractivity contribution in [3.8, 4) is 0 Å². The number of nitrogens with one attached hydrogen (secondary N) is 1. The van der Waals surface area contributed by atoms with Crippen molar-refractivity contribution in [2.24, 2.45) is 5.92 Å². The molecule has 1 rings (SSSR count). The van der Waals surface area contributed by atoms with Crippen LogP contribution in [0, 0.1) is 12.8 Å². The van der Waals surface area contributed by atoms with Gasteiger partial charge in [-0.05, 0) is 31.9 Å². The summed E-state index contributed by atoms with van der Waals surface area (Å²) in [5, 5.41) is 3.20. The molecule has 0 aliphatic heterocycles. The first kappa shape index (κ1) is 14.0. The van der Waals surface area contributed by atoms with Gasteiger partial charge in [0.15, 0.2) is 0 Å². The van der Waals surface area contributed by atoms with Crippen molar-refractivity contribution in [1.82, 2.24) is 9.88 Å². The number of hydrogen-bond donors (Lipinski definition) is 1. The summed E-state index contributed by atoms with van der Waals surface area (Å²) < 4.78 is 1.90. The van der Waals surface area contributed by atoms with Gasteiger partial charge in [-0.3, -0.25) is 4.79 Å². The van der Waals surface area contributed by atoms with Gasteiger partial charge in [0.25, 0.3) is 5.56 Å². The van der Waals surface area contributed by atoms with Gasteiger partial charge < -0.3 is 9.88 Å². The minimum atomic E-state index is 0.159. The summed E-state index contributed by atoms with van der Waals surface area (Å²) >= 11 is 0. The average molecular weight is 236 g/mol. The monoisotopic (exact) mass is 236 g/mol. The van der Waals surface area contributed by atoms with E-state index in [0.29, 0.717) is 12.5 Å². The van der Waals surface area contributed by atoms with Crippen molar-refractivity contribution in [2.75, 3.05) is 6.54 Å². The third kappa shape index (κ3) is 4.00. The minimum Gasteiger partial charge on any atom is -0.313 e. The molecule has 0 bridgehead atoms. The van der Waals surface area contributed by atoms with E-state index in [0.717, 1.165) is 30.8 Å². The van der Waals surface area contributed by atoms with Crippen LogP contribution in [0.3, 0.4) is 0 Å². The Balaban J connectivity index is 2.90.